The van der Waals surface area contributed by atoms with Crippen molar-refractivity contribution in [2.75, 3.05) is 6.61 Å². The number of hydrogen-bond donors (Lipinski definition) is 1. The highest BCUT2D eigenvalue weighted by Crippen LogP contribution is 2.59. The minimum Gasteiger partial charge on any atom is -0.448 e. The molecule has 0 aromatic rings. The normalized spacial score (nSPS) is 23.8. The van der Waals surface area contributed by atoms with Gasteiger partial charge in [-0.3, -0.25) is 0 Å². The number of hydrogen-bond acceptors (Lipinski definition) is 4. The average Bonchev–Trinajstić information content (AvgIpc) is 2.76. The summed E-state index contributed by atoms with van der Waals surface area (Å²) in [6, 6.07) is 0. The van der Waals surface area contributed by atoms with Gasteiger partial charge in [0.25, 0.3) is 0 Å². The Bertz CT molecular complexity index is 369. The summed E-state index contributed by atoms with van der Waals surface area (Å²) in [5.41, 5.74) is 3.03. The predicted molar refractivity (Wildman–Crippen MR) is 66.4 cm³/mol. The lowest BCUT2D eigenvalue weighted by molar-refractivity contribution is -0.152. The first-order valence-electron chi connectivity index (χ1n) is 6.09. The first-order chi connectivity index (χ1) is 8.30. The maximum atomic E-state index is 11.8. The molecule has 2 atom stereocenters. The highest BCUT2D eigenvalue weighted by atomic mass is 16.7. The van der Waals surface area contributed by atoms with Crippen LogP contribution in [0.1, 0.15) is 34.6 Å². The lowest BCUT2D eigenvalue weighted by atomic mass is 10.1. The lowest BCUT2D eigenvalue weighted by Crippen LogP contribution is -2.29. The minimum absolute atomic E-state index is 0.120. The number of amides is 1. The molecule has 0 radical (unpaired) electrons. The molecule has 1 rings (SSSR count). The Morgan fingerprint density at radius 3 is 2.44 bits per heavy atom. The first kappa shape index (κ1) is 14.5. The number of nitrogens with one attached hydrogen (secondary N) is 1. The largest absolute Gasteiger partial charge is 0.448 e. The summed E-state index contributed by atoms with van der Waals surface area (Å²) in [4.78, 5) is 27.5. The third kappa shape index (κ3) is 3.24. The van der Waals surface area contributed by atoms with Crippen LogP contribution in [-0.2, 0) is 14.4 Å². The second-order valence-corrected chi connectivity index (χ2v) is 5.31. The van der Waals surface area contributed by atoms with Crippen LogP contribution in [-0.4, -0.2) is 18.7 Å². The Morgan fingerprint density at radius 1 is 1.33 bits per heavy atom. The number of allylic oxidation sites excluding steroid dienone is 2. The van der Waals surface area contributed by atoms with Gasteiger partial charge in [-0.1, -0.05) is 25.5 Å². The first-order valence-corrected chi connectivity index (χ1v) is 6.09. The van der Waals surface area contributed by atoms with Crippen molar-refractivity contribution in [3.8, 4) is 0 Å². The molecule has 2 unspecified atom stereocenters. The molecular formula is C13H21NO4. The molecular weight excluding hydrogens is 234 g/mol. The molecule has 0 aromatic heterocycles. The van der Waals surface area contributed by atoms with Gasteiger partial charge < -0.3 is 9.57 Å². The fraction of sp³-hybridized carbons (Fsp3) is 0.692. The van der Waals surface area contributed by atoms with Crippen LogP contribution in [0.4, 0.5) is 4.79 Å². The molecule has 1 fully saturated rings. The van der Waals surface area contributed by atoms with Crippen molar-refractivity contribution >= 4 is 12.1 Å². The SMILES string of the molecule is CCOC(=O)NOC(=O)C1C(C=C(C)C)C1(C)C. The average molecular weight is 255 g/mol. The topological polar surface area (TPSA) is 64.6 Å². The van der Waals surface area contributed by atoms with Gasteiger partial charge in [-0.25, -0.2) is 9.59 Å². The van der Waals surface area contributed by atoms with Gasteiger partial charge in [0.1, 0.15) is 0 Å². The third-order valence-corrected chi connectivity index (χ3v) is 3.19. The predicted octanol–water partition coefficient (Wildman–Crippen LogP) is 2.43. The standard InChI is InChI=1S/C13H21NO4/c1-6-17-12(16)14-18-11(15)10-9(7-8(2)3)13(10,4)5/h7,9-10H,6H2,1-5H3,(H,14,16). The van der Waals surface area contributed by atoms with E-state index in [9.17, 15) is 9.59 Å². The van der Waals surface area contributed by atoms with Gasteiger partial charge >= 0.3 is 12.1 Å². The molecule has 0 spiro atoms. The van der Waals surface area contributed by atoms with E-state index in [2.05, 4.69) is 10.8 Å². The minimum atomic E-state index is -0.747. The lowest BCUT2D eigenvalue weighted by Gasteiger charge is -2.05. The Morgan fingerprint density at radius 2 is 1.94 bits per heavy atom. The summed E-state index contributed by atoms with van der Waals surface area (Å²) < 4.78 is 4.60. The van der Waals surface area contributed by atoms with Crippen molar-refractivity contribution in [3.63, 3.8) is 0 Å². The van der Waals surface area contributed by atoms with Gasteiger partial charge in [0.15, 0.2) is 0 Å². The number of rotatable bonds is 3. The summed E-state index contributed by atoms with van der Waals surface area (Å²) in [7, 11) is 0. The van der Waals surface area contributed by atoms with Crippen LogP contribution in [0.15, 0.2) is 11.6 Å². The van der Waals surface area contributed by atoms with Crippen LogP contribution in [0, 0.1) is 17.3 Å². The Kier molecular flexibility index (Phi) is 4.38. The van der Waals surface area contributed by atoms with E-state index in [-0.39, 0.29) is 23.9 Å². The summed E-state index contributed by atoms with van der Waals surface area (Å²) in [6.07, 6.45) is 1.32. The summed E-state index contributed by atoms with van der Waals surface area (Å²) >= 11 is 0. The second-order valence-electron chi connectivity index (χ2n) is 5.31. The van der Waals surface area contributed by atoms with Crippen LogP contribution in [0.3, 0.4) is 0 Å². The molecule has 0 bridgehead atoms. The molecule has 102 valence electrons. The molecule has 5 nitrogen and oxygen atoms in total. The molecule has 1 aliphatic carbocycles. The van der Waals surface area contributed by atoms with E-state index in [4.69, 9.17) is 4.84 Å². The molecule has 0 aliphatic heterocycles. The van der Waals surface area contributed by atoms with Crippen LogP contribution in [0.5, 0.6) is 0 Å². The summed E-state index contributed by atoms with van der Waals surface area (Å²) in [5, 5.41) is 0. The molecule has 0 heterocycles. The zero-order valence-electron chi connectivity index (χ0n) is 11.6. The zero-order chi connectivity index (χ0) is 13.9. The van der Waals surface area contributed by atoms with E-state index >= 15 is 0 Å². The van der Waals surface area contributed by atoms with Crippen LogP contribution in [0.2, 0.25) is 0 Å². The van der Waals surface area contributed by atoms with E-state index in [0.717, 1.165) is 0 Å². The quantitative estimate of drug-likeness (QED) is 0.621. The Labute approximate surface area is 107 Å². The zero-order valence-corrected chi connectivity index (χ0v) is 11.6. The molecule has 1 saturated carbocycles. The molecule has 18 heavy (non-hydrogen) atoms. The highest BCUT2D eigenvalue weighted by Gasteiger charge is 2.61. The number of hydroxylamine groups is 1. The molecule has 0 saturated heterocycles. The maximum absolute atomic E-state index is 11.8. The fourth-order valence-corrected chi connectivity index (χ4v) is 2.11. The third-order valence-electron chi connectivity index (χ3n) is 3.19. The van der Waals surface area contributed by atoms with E-state index in [1.54, 1.807) is 6.92 Å². The maximum Gasteiger partial charge on any atom is 0.440 e. The van der Waals surface area contributed by atoms with Crippen molar-refractivity contribution in [1.82, 2.24) is 5.48 Å². The van der Waals surface area contributed by atoms with Gasteiger partial charge in [0.2, 0.25) is 0 Å². The van der Waals surface area contributed by atoms with Crippen molar-refractivity contribution in [2.45, 2.75) is 34.6 Å². The number of carbonyl (C=O) groups is 2. The van der Waals surface area contributed by atoms with E-state index in [1.165, 1.54) is 5.57 Å². The van der Waals surface area contributed by atoms with Gasteiger partial charge in [-0.05, 0) is 32.1 Å². The second kappa shape index (κ2) is 5.42. The van der Waals surface area contributed by atoms with Gasteiger partial charge in [-0.2, -0.15) is 0 Å². The van der Waals surface area contributed by atoms with Crippen LogP contribution >= 0.6 is 0 Å². The number of ether oxygens (including phenoxy) is 1. The van der Waals surface area contributed by atoms with Crippen molar-refractivity contribution in [1.29, 1.82) is 0 Å². The fourth-order valence-electron chi connectivity index (χ4n) is 2.11. The van der Waals surface area contributed by atoms with Crippen molar-refractivity contribution < 1.29 is 19.2 Å². The highest BCUT2D eigenvalue weighted by molar-refractivity contribution is 5.79. The molecule has 1 amide bonds. The van der Waals surface area contributed by atoms with Crippen LogP contribution < -0.4 is 5.48 Å². The van der Waals surface area contributed by atoms with E-state index < -0.39 is 12.1 Å². The summed E-state index contributed by atoms with van der Waals surface area (Å²) in [6.45, 7) is 9.91. The van der Waals surface area contributed by atoms with E-state index in [0.29, 0.717) is 0 Å². The molecule has 5 heteroatoms. The smallest absolute Gasteiger partial charge is 0.440 e. The molecule has 1 N–H and O–H groups in total. The monoisotopic (exact) mass is 255 g/mol. The molecule has 1 aliphatic rings. The Hall–Kier alpha value is -1.52. The van der Waals surface area contributed by atoms with Gasteiger partial charge in [0.05, 0.1) is 12.5 Å². The number of carbonyl (C=O) groups excluding carboxylic acids is 2. The Balaban J connectivity index is 2.49. The summed E-state index contributed by atoms with van der Waals surface area (Å²) in [5.74, 6) is -0.469. The van der Waals surface area contributed by atoms with Gasteiger partial charge in [0, 0.05) is 0 Å². The van der Waals surface area contributed by atoms with Crippen molar-refractivity contribution in [2.24, 2.45) is 17.3 Å². The van der Waals surface area contributed by atoms with E-state index in [1.807, 2.05) is 33.2 Å². The molecule has 0 aromatic carbocycles. The van der Waals surface area contributed by atoms with Crippen LogP contribution in [0.25, 0.3) is 0 Å². The van der Waals surface area contributed by atoms with Gasteiger partial charge in [-0.15, -0.1) is 5.48 Å². The van der Waals surface area contributed by atoms with Crippen molar-refractivity contribution in [3.05, 3.63) is 11.6 Å².